The number of carbonyl (C=O) groups is 2. The molecule has 0 N–H and O–H groups in total. The Morgan fingerprint density at radius 3 is 1.66 bits per heavy atom. The Kier molecular flexibility index (Phi) is 7.38. The summed E-state index contributed by atoms with van der Waals surface area (Å²) in [5, 5.41) is 2.43. The summed E-state index contributed by atoms with van der Waals surface area (Å²) in [5.41, 5.74) is 1.03. The van der Waals surface area contributed by atoms with E-state index in [-0.39, 0.29) is 22.9 Å². The lowest BCUT2D eigenvalue weighted by Crippen LogP contribution is -2.66. The molecule has 1 heterocycles. The molecule has 0 aromatic heterocycles. The van der Waals surface area contributed by atoms with Gasteiger partial charge in [-0.2, -0.15) is 0 Å². The van der Waals surface area contributed by atoms with Gasteiger partial charge in [-0.25, -0.2) is 0 Å². The molecule has 0 saturated carbocycles. The van der Waals surface area contributed by atoms with Crippen molar-refractivity contribution in [2.24, 2.45) is 0 Å². The number of nitrogens with zero attached hydrogens (tertiary/aromatic N) is 1. The van der Waals surface area contributed by atoms with E-state index < -0.39 is 8.32 Å². The molecule has 5 heteroatoms. The fourth-order valence-corrected chi connectivity index (χ4v) is 9.97. The number of amides is 2. The highest BCUT2D eigenvalue weighted by Gasteiger charge is 2.50. The Hall–Kier alpha value is -3.02. The van der Waals surface area contributed by atoms with Gasteiger partial charge in [0.2, 0.25) is 0 Å². The molecule has 1 aliphatic rings. The molecule has 35 heavy (non-hydrogen) atoms. The van der Waals surface area contributed by atoms with Crippen LogP contribution in [0.1, 0.15) is 67.7 Å². The van der Waals surface area contributed by atoms with Crippen LogP contribution < -0.4 is 10.4 Å². The summed E-state index contributed by atoms with van der Waals surface area (Å²) < 4.78 is 6.99. The predicted octanol–water partition coefficient (Wildman–Crippen LogP) is 5.42. The zero-order chi connectivity index (χ0) is 25.1. The van der Waals surface area contributed by atoms with Gasteiger partial charge in [0.05, 0.1) is 11.1 Å². The molecule has 0 saturated heterocycles. The Bertz CT molecular complexity index is 1100. The largest absolute Gasteiger partial charge is 0.407 e. The van der Waals surface area contributed by atoms with E-state index in [1.54, 1.807) is 12.1 Å². The van der Waals surface area contributed by atoms with Gasteiger partial charge < -0.3 is 4.43 Å². The van der Waals surface area contributed by atoms with Crippen LogP contribution in [-0.2, 0) is 4.43 Å². The number of carbonyl (C=O) groups excluding carboxylic acids is 2. The number of fused-ring (bicyclic) bond motifs is 1. The van der Waals surface area contributed by atoms with E-state index in [1.165, 1.54) is 15.3 Å². The molecular weight excluding hydrogens is 450 g/mol. The van der Waals surface area contributed by atoms with Gasteiger partial charge in [-0.15, -0.1) is 0 Å². The third kappa shape index (κ3) is 4.63. The second kappa shape index (κ2) is 10.3. The van der Waals surface area contributed by atoms with Crippen LogP contribution in [0.25, 0.3) is 0 Å². The van der Waals surface area contributed by atoms with Crippen LogP contribution in [0, 0.1) is 0 Å². The normalized spacial score (nSPS) is 14.8. The van der Waals surface area contributed by atoms with E-state index in [0.717, 1.165) is 19.3 Å². The predicted molar refractivity (Wildman–Crippen MR) is 144 cm³/mol. The van der Waals surface area contributed by atoms with Gasteiger partial charge in [-0.3, -0.25) is 14.5 Å². The van der Waals surface area contributed by atoms with Gasteiger partial charge in [0, 0.05) is 12.6 Å². The Morgan fingerprint density at radius 1 is 0.771 bits per heavy atom. The van der Waals surface area contributed by atoms with Crippen LogP contribution in [0.5, 0.6) is 0 Å². The van der Waals surface area contributed by atoms with Gasteiger partial charge in [0.25, 0.3) is 20.1 Å². The van der Waals surface area contributed by atoms with Crippen molar-refractivity contribution in [1.82, 2.24) is 4.90 Å². The Morgan fingerprint density at radius 2 is 1.23 bits per heavy atom. The molecule has 0 spiro atoms. The number of rotatable bonds is 9. The van der Waals surface area contributed by atoms with Crippen LogP contribution in [0.15, 0.2) is 84.9 Å². The van der Waals surface area contributed by atoms with Crippen molar-refractivity contribution in [2.45, 2.75) is 58.0 Å². The standard InChI is InChI=1S/C30H35NO3Si/c1-5-23(31-28(32)26-20-12-13-21-27(26)29(31)33)15-14-22-34-35(30(2,3)4,24-16-8-6-9-17-24)25-18-10-7-11-19-25/h6-13,16-21,23H,5,14-15,22H2,1-4H3. The highest BCUT2D eigenvalue weighted by atomic mass is 28.4. The van der Waals surface area contributed by atoms with Crippen LogP contribution in [-0.4, -0.2) is 37.7 Å². The molecule has 0 fully saturated rings. The van der Waals surface area contributed by atoms with Crippen molar-refractivity contribution in [1.29, 1.82) is 0 Å². The highest BCUT2D eigenvalue weighted by molar-refractivity contribution is 6.99. The number of hydrogen-bond donors (Lipinski definition) is 0. The first kappa shape index (κ1) is 25.1. The van der Waals surface area contributed by atoms with E-state index in [0.29, 0.717) is 17.7 Å². The molecule has 4 rings (SSSR count). The Balaban J connectivity index is 1.54. The van der Waals surface area contributed by atoms with Gasteiger partial charge in [-0.1, -0.05) is 100 Å². The second-order valence-electron chi connectivity index (χ2n) is 10.2. The van der Waals surface area contributed by atoms with Gasteiger partial charge in [-0.05, 0) is 46.8 Å². The second-order valence-corrected chi connectivity index (χ2v) is 14.5. The fraction of sp³-hybridized carbons (Fsp3) is 0.333. The number of imide groups is 1. The molecule has 0 aliphatic carbocycles. The summed E-state index contributed by atoms with van der Waals surface area (Å²) in [5.74, 6) is -0.351. The van der Waals surface area contributed by atoms with E-state index in [9.17, 15) is 9.59 Å². The molecular formula is C30H35NO3Si. The minimum Gasteiger partial charge on any atom is -0.407 e. The molecule has 1 aliphatic heterocycles. The maximum Gasteiger partial charge on any atom is 0.261 e. The molecule has 0 bridgehead atoms. The molecule has 1 atom stereocenters. The topological polar surface area (TPSA) is 46.6 Å². The maximum atomic E-state index is 13.0. The van der Waals surface area contributed by atoms with Crippen molar-refractivity contribution in [2.75, 3.05) is 6.61 Å². The van der Waals surface area contributed by atoms with Crippen LogP contribution >= 0.6 is 0 Å². The average Bonchev–Trinajstić information content (AvgIpc) is 3.12. The summed E-state index contributed by atoms with van der Waals surface area (Å²) in [6.07, 6.45) is 2.22. The van der Waals surface area contributed by atoms with Gasteiger partial charge >= 0.3 is 0 Å². The molecule has 0 radical (unpaired) electrons. The molecule has 1 unspecified atom stereocenters. The van der Waals surface area contributed by atoms with Crippen molar-refractivity contribution < 1.29 is 14.0 Å². The minimum absolute atomic E-state index is 0.0810. The SMILES string of the molecule is CCC(CCCO[Si](c1ccccc1)(c1ccccc1)C(C)(C)C)N1C(=O)c2ccccc2C1=O. The Labute approximate surface area is 210 Å². The van der Waals surface area contributed by atoms with Crippen LogP contribution in [0.3, 0.4) is 0 Å². The number of hydrogen-bond acceptors (Lipinski definition) is 3. The van der Waals surface area contributed by atoms with E-state index in [1.807, 2.05) is 31.2 Å². The lowest BCUT2D eigenvalue weighted by Gasteiger charge is -2.43. The smallest absolute Gasteiger partial charge is 0.261 e. The highest BCUT2D eigenvalue weighted by Crippen LogP contribution is 2.37. The quantitative estimate of drug-likeness (QED) is 0.231. The summed E-state index contributed by atoms with van der Waals surface area (Å²) in [6, 6.07) is 28.2. The van der Waals surface area contributed by atoms with Crippen molar-refractivity contribution in [3.05, 3.63) is 96.1 Å². The van der Waals surface area contributed by atoms with Gasteiger partial charge in [0.15, 0.2) is 0 Å². The first-order chi connectivity index (χ1) is 16.8. The third-order valence-electron chi connectivity index (χ3n) is 7.08. The summed E-state index contributed by atoms with van der Waals surface area (Å²) in [6.45, 7) is 9.43. The van der Waals surface area contributed by atoms with Crippen LogP contribution in [0.2, 0.25) is 5.04 Å². The molecule has 3 aromatic carbocycles. The maximum absolute atomic E-state index is 13.0. The van der Waals surface area contributed by atoms with Crippen molar-refractivity contribution in [3.63, 3.8) is 0 Å². The lowest BCUT2D eigenvalue weighted by molar-refractivity contribution is 0.0565. The molecule has 4 nitrogen and oxygen atoms in total. The summed E-state index contributed by atoms with van der Waals surface area (Å²) in [4.78, 5) is 27.4. The van der Waals surface area contributed by atoms with Crippen molar-refractivity contribution >= 4 is 30.5 Å². The van der Waals surface area contributed by atoms with Gasteiger partial charge in [0.1, 0.15) is 0 Å². The zero-order valence-corrected chi connectivity index (χ0v) is 22.2. The first-order valence-corrected chi connectivity index (χ1v) is 14.4. The first-order valence-electron chi connectivity index (χ1n) is 12.5. The van der Waals surface area contributed by atoms with E-state index in [4.69, 9.17) is 4.43 Å². The minimum atomic E-state index is -2.59. The zero-order valence-electron chi connectivity index (χ0n) is 21.2. The molecule has 3 aromatic rings. The fourth-order valence-electron chi connectivity index (χ4n) is 5.36. The number of benzene rings is 3. The monoisotopic (exact) mass is 485 g/mol. The molecule has 182 valence electrons. The molecule has 2 amide bonds. The van der Waals surface area contributed by atoms with E-state index in [2.05, 4.69) is 69.3 Å². The van der Waals surface area contributed by atoms with Crippen LogP contribution in [0.4, 0.5) is 0 Å². The summed E-state index contributed by atoms with van der Waals surface area (Å²) in [7, 11) is -2.59. The third-order valence-corrected chi connectivity index (χ3v) is 12.1. The van der Waals surface area contributed by atoms with Crippen molar-refractivity contribution in [3.8, 4) is 0 Å². The lowest BCUT2D eigenvalue weighted by atomic mass is 10.1. The summed E-state index contributed by atoms with van der Waals surface area (Å²) >= 11 is 0. The van der Waals surface area contributed by atoms with E-state index >= 15 is 0 Å². The average molecular weight is 486 g/mol.